The zero-order chi connectivity index (χ0) is 15.0. The highest BCUT2D eigenvalue weighted by Crippen LogP contribution is 2.40. The Bertz CT molecular complexity index is 798. The van der Waals surface area contributed by atoms with Gasteiger partial charge in [-0.25, -0.2) is 0 Å². The van der Waals surface area contributed by atoms with Gasteiger partial charge in [-0.1, -0.05) is 44.5 Å². The summed E-state index contributed by atoms with van der Waals surface area (Å²) in [5.41, 5.74) is 4.47. The molecule has 0 aliphatic heterocycles. The molecule has 0 amide bonds. The Morgan fingerprint density at radius 3 is 2.29 bits per heavy atom. The molecule has 0 atom stereocenters. The molecule has 0 saturated carbocycles. The smallest absolute Gasteiger partial charge is 0.0491 e. The maximum Gasteiger partial charge on any atom is 0.0491 e. The molecule has 0 spiro atoms. The predicted octanol–water partition coefficient (Wildman–Crippen LogP) is 6.87. The Morgan fingerprint density at radius 2 is 1.62 bits per heavy atom. The zero-order valence-electron chi connectivity index (χ0n) is 12.9. The van der Waals surface area contributed by atoms with Gasteiger partial charge in [0.15, 0.2) is 0 Å². The van der Waals surface area contributed by atoms with Crippen LogP contribution in [0.4, 0.5) is 0 Å². The first kappa shape index (κ1) is 15.3. The number of thiophene rings is 1. The molecule has 2 aromatic carbocycles. The molecule has 3 aromatic rings. The Hall–Kier alpha value is -0.610. The molecule has 0 aliphatic rings. The van der Waals surface area contributed by atoms with Crippen molar-refractivity contribution in [2.75, 3.05) is 0 Å². The monoisotopic (exact) mass is 408 g/mol. The van der Waals surface area contributed by atoms with E-state index in [0.717, 1.165) is 6.42 Å². The van der Waals surface area contributed by atoms with Crippen molar-refractivity contribution in [2.45, 2.75) is 46.5 Å². The summed E-state index contributed by atoms with van der Waals surface area (Å²) in [4.78, 5) is 0. The maximum absolute atomic E-state index is 2.55. The van der Waals surface area contributed by atoms with Gasteiger partial charge >= 0.3 is 0 Å². The summed E-state index contributed by atoms with van der Waals surface area (Å²) >= 11 is 4.54. The number of hydrogen-bond donors (Lipinski definition) is 0. The molecular formula is C19H21IS. The molecule has 3 rings (SSSR count). The minimum absolute atomic E-state index is 1.12. The second-order valence-electron chi connectivity index (χ2n) is 5.70. The lowest BCUT2D eigenvalue weighted by molar-refractivity contribution is 0.793. The fourth-order valence-electron chi connectivity index (χ4n) is 3.03. The van der Waals surface area contributed by atoms with Gasteiger partial charge in [0.25, 0.3) is 0 Å². The summed E-state index contributed by atoms with van der Waals surface area (Å²) in [6.45, 7) is 6.79. The van der Waals surface area contributed by atoms with Crippen molar-refractivity contribution in [3.05, 3.63) is 44.5 Å². The molecular weight excluding hydrogens is 387 g/mol. The largest absolute Gasteiger partial charge is 0.134 e. The first-order valence-corrected chi connectivity index (χ1v) is 9.69. The SMILES string of the molecule is CCCCc1ccc2c(sc3c(C)c(CC)ccc32)c1I. The first-order chi connectivity index (χ1) is 10.2. The van der Waals surface area contributed by atoms with E-state index in [9.17, 15) is 0 Å². The summed E-state index contributed by atoms with van der Waals surface area (Å²) < 4.78 is 4.43. The van der Waals surface area contributed by atoms with Crippen LogP contribution in [0, 0.1) is 10.5 Å². The van der Waals surface area contributed by atoms with Crippen molar-refractivity contribution < 1.29 is 0 Å². The topological polar surface area (TPSA) is 0 Å². The van der Waals surface area contributed by atoms with Crippen LogP contribution in [0.2, 0.25) is 0 Å². The third kappa shape index (κ3) is 2.61. The molecule has 1 aromatic heterocycles. The van der Waals surface area contributed by atoms with Crippen LogP contribution in [0.25, 0.3) is 20.2 Å². The van der Waals surface area contributed by atoms with Crippen LogP contribution in [0.1, 0.15) is 43.4 Å². The van der Waals surface area contributed by atoms with E-state index in [1.54, 1.807) is 0 Å². The van der Waals surface area contributed by atoms with Gasteiger partial charge in [0.2, 0.25) is 0 Å². The summed E-state index contributed by atoms with van der Waals surface area (Å²) in [5, 5.41) is 2.87. The van der Waals surface area contributed by atoms with Crippen LogP contribution in [0.3, 0.4) is 0 Å². The average molecular weight is 408 g/mol. The van der Waals surface area contributed by atoms with E-state index < -0.39 is 0 Å². The highest BCUT2D eigenvalue weighted by Gasteiger charge is 2.13. The Morgan fingerprint density at radius 1 is 0.952 bits per heavy atom. The standard InChI is InChI=1S/C19H21IS/c1-4-6-7-14-9-11-16-15-10-8-13(5-2)12(3)18(15)21-19(16)17(14)20/h8-11H,4-7H2,1-3H3. The van der Waals surface area contributed by atoms with E-state index >= 15 is 0 Å². The van der Waals surface area contributed by atoms with Gasteiger partial charge in [0.05, 0.1) is 0 Å². The molecule has 21 heavy (non-hydrogen) atoms. The first-order valence-electron chi connectivity index (χ1n) is 7.79. The molecule has 0 unspecified atom stereocenters. The fourth-order valence-corrected chi connectivity index (χ4v) is 5.39. The molecule has 0 radical (unpaired) electrons. The summed E-state index contributed by atoms with van der Waals surface area (Å²) in [6, 6.07) is 9.31. The van der Waals surface area contributed by atoms with Crippen molar-refractivity contribution in [3.8, 4) is 0 Å². The third-order valence-electron chi connectivity index (χ3n) is 4.37. The molecule has 0 saturated heterocycles. The Balaban J connectivity index is 2.25. The van der Waals surface area contributed by atoms with Gasteiger partial charge < -0.3 is 0 Å². The van der Waals surface area contributed by atoms with E-state index in [2.05, 4.69) is 67.6 Å². The lowest BCUT2D eigenvalue weighted by Crippen LogP contribution is -1.89. The van der Waals surface area contributed by atoms with Crippen molar-refractivity contribution in [1.82, 2.24) is 0 Å². The van der Waals surface area contributed by atoms with Crippen LogP contribution in [-0.4, -0.2) is 0 Å². The van der Waals surface area contributed by atoms with E-state index in [4.69, 9.17) is 0 Å². The number of halogens is 1. The van der Waals surface area contributed by atoms with Crippen molar-refractivity contribution in [2.24, 2.45) is 0 Å². The highest BCUT2D eigenvalue weighted by atomic mass is 127. The second-order valence-corrected chi connectivity index (χ2v) is 7.80. The lowest BCUT2D eigenvalue weighted by atomic mass is 10.0. The normalized spacial score (nSPS) is 11.6. The van der Waals surface area contributed by atoms with Crippen molar-refractivity contribution >= 4 is 54.1 Å². The zero-order valence-corrected chi connectivity index (χ0v) is 15.9. The quantitative estimate of drug-likeness (QED) is 0.413. The number of unbranched alkanes of at least 4 members (excludes halogenated alkanes) is 1. The predicted molar refractivity (Wildman–Crippen MR) is 105 cm³/mol. The van der Waals surface area contributed by atoms with Gasteiger partial charge in [-0.15, -0.1) is 11.3 Å². The van der Waals surface area contributed by atoms with E-state index in [1.807, 2.05) is 11.3 Å². The van der Waals surface area contributed by atoms with Gasteiger partial charge in [-0.3, -0.25) is 0 Å². The van der Waals surface area contributed by atoms with E-state index in [0.29, 0.717) is 0 Å². The van der Waals surface area contributed by atoms with Crippen LogP contribution >= 0.6 is 33.9 Å². The number of rotatable bonds is 4. The van der Waals surface area contributed by atoms with Gasteiger partial charge in [0.1, 0.15) is 0 Å². The van der Waals surface area contributed by atoms with Gasteiger partial charge in [-0.2, -0.15) is 0 Å². The van der Waals surface area contributed by atoms with Gasteiger partial charge in [0, 0.05) is 23.7 Å². The van der Waals surface area contributed by atoms with Crippen LogP contribution in [-0.2, 0) is 12.8 Å². The minimum atomic E-state index is 1.12. The second kappa shape index (κ2) is 6.25. The highest BCUT2D eigenvalue weighted by molar-refractivity contribution is 14.1. The summed E-state index contributed by atoms with van der Waals surface area (Å²) in [6.07, 6.45) is 4.87. The maximum atomic E-state index is 2.55. The molecule has 0 fully saturated rings. The van der Waals surface area contributed by atoms with Crippen LogP contribution in [0.15, 0.2) is 24.3 Å². The molecule has 0 bridgehead atoms. The van der Waals surface area contributed by atoms with Crippen LogP contribution < -0.4 is 0 Å². The van der Waals surface area contributed by atoms with Crippen LogP contribution in [0.5, 0.6) is 0 Å². The average Bonchev–Trinajstić information content (AvgIpc) is 2.88. The number of fused-ring (bicyclic) bond motifs is 3. The van der Waals surface area contributed by atoms with Gasteiger partial charge in [-0.05, 0) is 65.5 Å². The molecule has 110 valence electrons. The molecule has 0 N–H and O–H groups in total. The number of hydrogen-bond acceptors (Lipinski definition) is 1. The Kier molecular flexibility index (Phi) is 4.55. The molecule has 0 nitrogen and oxygen atoms in total. The number of aryl methyl sites for hydroxylation is 3. The lowest BCUT2D eigenvalue weighted by Gasteiger charge is -2.05. The fraction of sp³-hybridized carbons (Fsp3) is 0.368. The molecule has 0 aliphatic carbocycles. The molecule has 1 heterocycles. The Labute approximate surface area is 144 Å². The minimum Gasteiger partial charge on any atom is -0.134 e. The summed E-state index contributed by atoms with van der Waals surface area (Å²) in [7, 11) is 0. The number of benzene rings is 2. The van der Waals surface area contributed by atoms with Crippen molar-refractivity contribution in [3.63, 3.8) is 0 Å². The molecule has 2 heteroatoms. The van der Waals surface area contributed by atoms with Crippen molar-refractivity contribution in [1.29, 1.82) is 0 Å². The van der Waals surface area contributed by atoms with E-state index in [-0.39, 0.29) is 0 Å². The summed E-state index contributed by atoms with van der Waals surface area (Å²) in [5.74, 6) is 0. The third-order valence-corrected chi connectivity index (χ3v) is 7.33. The van der Waals surface area contributed by atoms with E-state index in [1.165, 1.54) is 59.7 Å².